The van der Waals surface area contributed by atoms with E-state index in [9.17, 15) is 20.0 Å². The molecule has 0 aliphatic carbocycles. The molecule has 2 N–H and O–H groups in total. The third-order valence-electron chi connectivity index (χ3n) is 8.74. The highest BCUT2D eigenvalue weighted by atomic mass is 31.2. The van der Waals surface area contributed by atoms with Gasteiger partial charge in [0.25, 0.3) is 5.69 Å². The number of nitro benzene ring substituents is 1. The molecule has 7 heteroatoms. The Bertz CT molecular complexity index is 1240. The number of amides is 1. The second-order valence-electron chi connectivity index (χ2n) is 13.0. The van der Waals surface area contributed by atoms with Crippen LogP contribution in [0.25, 0.3) is 0 Å². The van der Waals surface area contributed by atoms with Gasteiger partial charge in [0.15, 0.2) is 0 Å². The van der Waals surface area contributed by atoms with E-state index < -0.39 is 24.3 Å². The number of hydrogen-bond acceptors (Lipinski definition) is 4. The van der Waals surface area contributed by atoms with Crippen molar-refractivity contribution in [3.05, 3.63) is 101 Å². The van der Waals surface area contributed by atoms with E-state index in [1.54, 1.807) is 6.92 Å². The second kappa shape index (κ2) is 17.4. The SMILES string of the molecule is C[C@@H](NC(=O)CCCCCCCCCCC[P+](c1ccccc1)(c1ccccc1)C(C)(C)C)[C@H](O)c1ccc([N+](=O)[O-])cc1. The summed E-state index contributed by atoms with van der Waals surface area (Å²) in [6, 6.07) is 27.7. The van der Waals surface area contributed by atoms with Crippen molar-refractivity contribution in [2.75, 3.05) is 6.16 Å². The van der Waals surface area contributed by atoms with Gasteiger partial charge in [-0.1, -0.05) is 74.9 Å². The van der Waals surface area contributed by atoms with Crippen LogP contribution in [0.5, 0.6) is 0 Å². The van der Waals surface area contributed by atoms with Gasteiger partial charge in [-0.25, -0.2) is 0 Å². The van der Waals surface area contributed by atoms with Crippen LogP contribution in [0.2, 0.25) is 0 Å². The van der Waals surface area contributed by atoms with Crippen LogP contribution >= 0.6 is 7.26 Å². The van der Waals surface area contributed by atoms with Gasteiger partial charge in [-0.15, -0.1) is 0 Å². The first kappa shape index (κ1) is 35.4. The van der Waals surface area contributed by atoms with Crippen LogP contribution in [0.3, 0.4) is 0 Å². The normalized spacial score (nSPS) is 13.3. The number of nitro groups is 1. The van der Waals surface area contributed by atoms with Crippen molar-refractivity contribution in [1.82, 2.24) is 5.32 Å². The molecule has 3 rings (SSSR count). The monoisotopic (exact) mass is 619 g/mol. The summed E-state index contributed by atoms with van der Waals surface area (Å²) in [7, 11) is -1.57. The number of carbonyl (C=O) groups is 1. The van der Waals surface area contributed by atoms with Crippen molar-refractivity contribution >= 4 is 29.5 Å². The zero-order chi connectivity index (χ0) is 32.0. The number of nitrogens with one attached hydrogen (secondary N) is 1. The fourth-order valence-electron chi connectivity index (χ4n) is 6.24. The summed E-state index contributed by atoms with van der Waals surface area (Å²) in [5, 5.41) is 27.4. The molecule has 0 radical (unpaired) electrons. The van der Waals surface area contributed by atoms with Crippen LogP contribution in [0.4, 0.5) is 5.69 Å². The van der Waals surface area contributed by atoms with E-state index in [1.807, 2.05) is 0 Å². The standard InChI is InChI=1S/C37H51N2O4P/c1-30(36(41)31-25-27-32(28-26-31)39(42)43)38-35(40)24-18-10-8-6-5-7-9-11-19-29-44(37(2,3)4,33-20-14-12-15-21-33)34-22-16-13-17-23-34/h12-17,20-23,25-28,30,36,41H,5-11,18-19,24,29H2,1-4H3/p+1/t30-,36+/m1/s1. The van der Waals surface area contributed by atoms with Gasteiger partial charge >= 0.3 is 0 Å². The highest BCUT2D eigenvalue weighted by molar-refractivity contribution is 7.90. The van der Waals surface area contributed by atoms with Crippen LogP contribution in [-0.2, 0) is 4.79 Å². The number of aliphatic hydroxyl groups excluding tert-OH is 1. The summed E-state index contributed by atoms with van der Waals surface area (Å²) in [5.74, 6) is -0.0707. The Morgan fingerprint density at radius 1 is 0.773 bits per heavy atom. The van der Waals surface area contributed by atoms with Gasteiger partial charge in [0, 0.05) is 18.6 Å². The van der Waals surface area contributed by atoms with E-state index in [4.69, 9.17) is 0 Å². The summed E-state index contributed by atoms with van der Waals surface area (Å²) in [5.41, 5.74) is 0.523. The summed E-state index contributed by atoms with van der Waals surface area (Å²) in [6.45, 7) is 9.03. The molecule has 0 aromatic heterocycles. The maximum atomic E-state index is 12.4. The fraction of sp³-hybridized carbons (Fsp3) is 0.486. The molecule has 3 aromatic carbocycles. The number of aliphatic hydroxyl groups is 1. The summed E-state index contributed by atoms with van der Waals surface area (Å²) in [4.78, 5) is 22.7. The lowest BCUT2D eigenvalue weighted by atomic mass is 10.0. The van der Waals surface area contributed by atoms with Crippen LogP contribution in [0.15, 0.2) is 84.9 Å². The van der Waals surface area contributed by atoms with E-state index in [0.717, 1.165) is 19.3 Å². The predicted molar refractivity (Wildman–Crippen MR) is 186 cm³/mol. The molecule has 2 atom stereocenters. The quantitative estimate of drug-likeness (QED) is 0.0646. The number of unbranched alkanes of at least 4 members (excludes halogenated alkanes) is 8. The van der Waals surface area contributed by atoms with Gasteiger partial charge in [0.05, 0.1) is 46.3 Å². The minimum atomic E-state index is -1.57. The smallest absolute Gasteiger partial charge is 0.269 e. The average Bonchev–Trinajstić information content (AvgIpc) is 3.01. The molecular formula is C37H52N2O4P+. The Labute approximate surface area is 265 Å². The van der Waals surface area contributed by atoms with Crippen molar-refractivity contribution in [2.24, 2.45) is 0 Å². The zero-order valence-electron chi connectivity index (χ0n) is 27.1. The van der Waals surface area contributed by atoms with E-state index in [1.165, 1.54) is 79.6 Å². The second-order valence-corrected chi connectivity index (χ2v) is 17.4. The number of non-ortho nitro benzene ring substituents is 1. The van der Waals surface area contributed by atoms with Gasteiger partial charge in [-0.05, 0) is 88.9 Å². The molecule has 0 aliphatic rings. The molecule has 0 aliphatic heterocycles. The zero-order valence-corrected chi connectivity index (χ0v) is 28.0. The van der Waals surface area contributed by atoms with Crippen molar-refractivity contribution in [3.63, 3.8) is 0 Å². The first-order chi connectivity index (χ1) is 21.1. The predicted octanol–water partition coefficient (Wildman–Crippen LogP) is 8.50. The maximum absolute atomic E-state index is 12.4. The van der Waals surface area contributed by atoms with Gasteiger partial charge in [-0.3, -0.25) is 14.9 Å². The number of hydrogen-bond donors (Lipinski definition) is 2. The lowest BCUT2D eigenvalue weighted by molar-refractivity contribution is -0.384. The van der Waals surface area contributed by atoms with Crippen molar-refractivity contribution in [3.8, 4) is 0 Å². The topological polar surface area (TPSA) is 92.5 Å². The van der Waals surface area contributed by atoms with Crippen LogP contribution in [-0.4, -0.2) is 33.3 Å². The molecule has 0 fully saturated rings. The molecule has 44 heavy (non-hydrogen) atoms. The van der Waals surface area contributed by atoms with Gasteiger partial charge in [0.2, 0.25) is 5.91 Å². The molecule has 0 heterocycles. The first-order valence-electron chi connectivity index (χ1n) is 16.3. The maximum Gasteiger partial charge on any atom is 0.269 e. The molecular weight excluding hydrogens is 567 g/mol. The van der Waals surface area contributed by atoms with Crippen molar-refractivity contribution in [2.45, 2.75) is 109 Å². The third kappa shape index (κ3) is 9.97. The number of nitrogens with zero attached hydrogens (tertiary/aromatic N) is 1. The summed E-state index contributed by atoms with van der Waals surface area (Å²) in [6.07, 6.45) is 11.3. The van der Waals surface area contributed by atoms with Crippen LogP contribution in [0, 0.1) is 10.1 Å². The number of benzene rings is 3. The average molecular weight is 620 g/mol. The molecule has 6 nitrogen and oxygen atoms in total. The van der Waals surface area contributed by atoms with Crippen LogP contribution in [0.1, 0.15) is 104 Å². The lowest BCUT2D eigenvalue weighted by Gasteiger charge is -2.38. The Morgan fingerprint density at radius 2 is 1.23 bits per heavy atom. The van der Waals surface area contributed by atoms with Crippen LogP contribution < -0.4 is 15.9 Å². The minimum Gasteiger partial charge on any atom is -0.386 e. The van der Waals surface area contributed by atoms with E-state index >= 15 is 0 Å². The summed E-state index contributed by atoms with van der Waals surface area (Å²) >= 11 is 0. The first-order valence-corrected chi connectivity index (χ1v) is 18.2. The fourth-order valence-corrected chi connectivity index (χ4v) is 11.3. The highest BCUT2D eigenvalue weighted by Crippen LogP contribution is 2.67. The van der Waals surface area contributed by atoms with E-state index in [-0.39, 0.29) is 16.8 Å². The van der Waals surface area contributed by atoms with Gasteiger partial charge in [-0.2, -0.15) is 0 Å². The number of carbonyl (C=O) groups excluding carboxylic acids is 1. The molecule has 0 unspecified atom stereocenters. The Kier molecular flexibility index (Phi) is 14.0. The largest absolute Gasteiger partial charge is 0.386 e. The molecule has 0 saturated carbocycles. The van der Waals surface area contributed by atoms with Gasteiger partial charge < -0.3 is 10.4 Å². The summed E-state index contributed by atoms with van der Waals surface area (Å²) < 4.78 is 0. The number of rotatable bonds is 18. The van der Waals surface area contributed by atoms with Gasteiger partial charge in [0.1, 0.15) is 0 Å². The Balaban J connectivity index is 1.32. The van der Waals surface area contributed by atoms with Crippen molar-refractivity contribution < 1.29 is 14.8 Å². The highest BCUT2D eigenvalue weighted by Gasteiger charge is 2.52. The van der Waals surface area contributed by atoms with E-state index in [0.29, 0.717) is 12.0 Å². The molecule has 238 valence electrons. The van der Waals surface area contributed by atoms with E-state index in [2.05, 4.69) is 86.8 Å². The Hall–Kier alpha value is -3.08. The molecule has 0 saturated heterocycles. The minimum absolute atomic E-state index is 0.0244. The van der Waals surface area contributed by atoms with Crippen molar-refractivity contribution in [1.29, 1.82) is 0 Å². The lowest BCUT2D eigenvalue weighted by Crippen LogP contribution is -2.38. The molecule has 1 amide bonds. The molecule has 0 bridgehead atoms. The molecule has 0 spiro atoms. The molecule has 3 aromatic rings. The third-order valence-corrected chi connectivity index (χ3v) is 14.4. The Morgan fingerprint density at radius 3 is 1.68 bits per heavy atom.